The van der Waals surface area contributed by atoms with Crippen LogP contribution in [0.3, 0.4) is 0 Å². The summed E-state index contributed by atoms with van der Waals surface area (Å²) in [5.41, 5.74) is 3.41. The number of rotatable bonds is 3. The largest absolute Gasteiger partial charge is 0.471 e. The monoisotopic (exact) mass is 336 g/mol. The van der Waals surface area contributed by atoms with Gasteiger partial charge in [-0.1, -0.05) is 29.4 Å². The minimum Gasteiger partial charge on any atom is -0.329 e. The van der Waals surface area contributed by atoms with Crippen LogP contribution in [-0.2, 0) is 6.18 Å². The van der Waals surface area contributed by atoms with Crippen molar-refractivity contribution in [2.24, 2.45) is 0 Å². The lowest BCUT2D eigenvalue weighted by molar-refractivity contribution is -0.159. The summed E-state index contributed by atoms with van der Waals surface area (Å²) >= 11 is 0. The topological polar surface area (TPSA) is 56.7 Å². The Kier molecular flexibility index (Phi) is 3.90. The second kappa shape index (κ2) is 5.77. The second-order valence-corrected chi connectivity index (χ2v) is 5.59. The molecule has 5 nitrogen and oxygen atoms in total. The van der Waals surface area contributed by atoms with E-state index in [0.29, 0.717) is 5.56 Å². The van der Waals surface area contributed by atoms with Crippen LogP contribution in [0.4, 0.5) is 13.2 Å². The molecule has 0 fully saturated rings. The van der Waals surface area contributed by atoms with Crippen LogP contribution in [0.5, 0.6) is 0 Å². The van der Waals surface area contributed by atoms with Crippen molar-refractivity contribution in [3.8, 4) is 11.4 Å². The third-order valence-corrected chi connectivity index (χ3v) is 3.73. The Balaban J connectivity index is 1.85. The maximum Gasteiger partial charge on any atom is 0.471 e. The Hall–Kier alpha value is -2.64. The fourth-order valence-electron chi connectivity index (χ4n) is 2.55. The minimum atomic E-state index is -4.64. The molecule has 0 aliphatic rings. The molecule has 0 aliphatic heterocycles. The fraction of sp³-hybridized carbons (Fsp3) is 0.312. The van der Waals surface area contributed by atoms with Crippen molar-refractivity contribution in [3.05, 3.63) is 53.2 Å². The van der Waals surface area contributed by atoms with Crippen LogP contribution in [0, 0.1) is 13.8 Å². The second-order valence-electron chi connectivity index (χ2n) is 5.59. The first-order valence-corrected chi connectivity index (χ1v) is 7.29. The van der Waals surface area contributed by atoms with Gasteiger partial charge < -0.3 is 4.52 Å². The molecule has 1 atom stereocenters. The Bertz CT molecular complexity index is 849. The number of hydrogen-bond acceptors (Lipinski definition) is 4. The third-order valence-electron chi connectivity index (χ3n) is 3.73. The van der Waals surface area contributed by atoms with Crippen molar-refractivity contribution >= 4 is 0 Å². The van der Waals surface area contributed by atoms with Crippen LogP contribution in [-0.4, -0.2) is 19.9 Å². The van der Waals surface area contributed by atoms with Crippen molar-refractivity contribution in [1.29, 1.82) is 0 Å². The molecular weight excluding hydrogens is 321 g/mol. The van der Waals surface area contributed by atoms with Crippen LogP contribution < -0.4 is 0 Å². The molecule has 0 spiro atoms. The normalized spacial score (nSPS) is 13.2. The molecule has 1 aromatic carbocycles. The maximum atomic E-state index is 12.5. The van der Waals surface area contributed by atoms with E-state index in [1.807, 2.05) is 43.7 Å². The summed E-state index contributed by atoms with van der Waals surface area (Å²) in [6, 6.07) is 8.97. The van der Waals surface area contributed by atoms with Gasteiger partial charge >= 0.3 is 12.1 Å². The molecule has 3 aromatic rings. The van der Waals surface area contributed by atoms with Crippen LogP contribution in [0.25, 0.3) is 11.4 Å². The van der Waals surface area contributed by atoms with Gasteiger partial charge in [-0.2, -0.15) is 23.3 Å². The molecule has 2 aromatic heterocycles. The average Bonchev–Trinajstić information content (AvgIpc) is 3.13. The van der Waals surface area contributed by atoms with E-state index in [0.717, 1.165) is 17.0 Å². The molecule has 1 unspecified atom stereocenters. The standard InChI is InChI=1S/C16H15F3N4O/c1-9-8-10(2)23(21-9)11(3)12-4-6-13(7-5-12)14-20-15(24-22-14)16(17,18)19/h4-8,11H,1-3H3. The van der Waals surface area contributed by atoms with Crippen LogP contribution >= 0.6 is 0 Å². The molecule has 0 aliphatic carbocycles. The summed E-state index contributed by atoms with van der Waals surface area (Å²) < 4.78 is 43.7. The van der Waals surface area contributed by atoms with Gasteiger partial charge in [-0.05, 0) is 32.4 Å². The molecule has 24 heavy (non-hydrogen) atoms. The highest BCUT2D eigenvalue weighted by Crippen LogP contribution is 2.30. The molecule has 0 amide bonds. The summed E-state index contributed by atoms with van der Waals surface area (Å²) in [4.78, 5) is 3.38. The van der Waals surface area contributed by atoms with E-state index in [1.165, 1.54) is 0 Å². The van der Waals surface area contributed by atoms with Crippen molar-refractivity contribution in [2.45, 2.75) is 33.0 Å². The van der Waals surface area contributed by atoms with Crippen molar-refractivity contribution in [2.75, 3.05) is 0 Å². The molecule has 3 rings (SSSR count). The molecule has 0 saturated carbocycles. The first-order valence-electron chi connectivity index (χ1n) is 7.29. The number of aryl methyl sites for hydroxylation is 2. The van der Waals surface area contributed by atoms with E-state index in [-0.39, 0.29) is 11.9 Å². The van der Waals surface area contributed by atoms with Crippen molar-refractivity contribution < 1.29 is 17.7 Å². The zero-order valence-corrected chi connectivity index (χ0v) is 13.3. The van der Waals surface area contributed by atoms with Crippen molar-refractivity contribution in [3.63, 3.8) is 0 Å². The van der Waals surface area contributed by atoms with Crippen molar-refractivity contribution in [1.82, 2.24) is 19.9 Å². The van der Waals surface area contributed by atoms with Gasteiger partial charge in [-0.25, -0.2) is 0 Å². The Morgan fingerprint density at radius 3 is 2.29 bits per heavy atom. The lowest BCUT2D eigenvalue weighted by Crippen LogP contribution is -2.10. The van der Waals surface area contributed by atoms with Gasteiger partial charge in [0, 0.05) is 11.3 Å². The van der Waals surface area contributed by atoms with E-state index >= 15 is 0 Å². The predicted octanol–water partition coefficient (Wildman–Crippen LogP) is 4.18. The highest BCUT2D eigenvalue weighted by Gasteiger charge is 2.38. The predicted molar refractivity (Wildman–Crippen MR) is 80.3 cm³/mol. The molecule has 126 valence electrons. The fourth-order valence-corrected chi connectivity index (χ4v) is 2.55. The summed E-state index contributed by atoms with van der Waals surface area (Å²) in [6.45, 7) is 5.90. The Morgan fingerprint density at radius 1 is 1.12 bits per heavy atom. The van der Waals surface area contributed by atoms with E-state index in [2.05, 4.69) is 19.8 Å². The van der Waals surface area contributed by atoms with Crippen LogP contribution in [0.1, 0.15) is 35.8 Å². The number of hydrogen-bond donors (Lipinski definition) is 0. The number of aromatic nitrogens is 4. The first-order chi connectivity index (χ1) is 11.3. The number of halogens is 3. The summed E-state index contributed by atoms with van der Waals surface area (Å²) in [5, 5.41) is 7.83. The average molecular weight is 336 g/mol. The van der Waals surface area contributed by atoms with Gasteiger partial charge in [0.1, 0.15) is 0 Å². The van der Waals surface area contributed by atoms with Crippen LogP contribution in [0.15, 0.2) is 34.9 Å². The Labute approximate surface area is 136 Å². The number of nitrogens with zero attached hydrogens (tertiary/aromatic N) is 4. The SMILES string of the molecule is Cc1cc(C)n(C(C)c2ccc(-c3noc(C(F)(F)F)n3)cc2)n1. The van der Waals surface area contributed by atoms with Gasteiger partial charge in [0.15, 0.2) is 0 Å². The first kappa shape index (κ1) is 16.2. The third kappa shape index (κ3) is 3.04. The molecule has 0 N–H and O–H groups in total. The van der Waals surface area contributed by atoms with E-state index in [9.17, 15) is 13.2 Å². The minimum absolute atomic E-state index is 0.00348. The number of alkyl halides is 3. The molecule has 0 bridgehead atoms. The zero-order valence-electron chi connectivity index (χ0n) is 13.3. The lowest BCUT2D eigenvalue weighted by atomic mass is 10.1. The zero-order chi connectivity index (χ0) is 17.5. The van der Waals surface area contributed by atoms with E-state index in [1.54, 1.807) is 12.1 Å². The quantitative estimate of drug-likeness (QED) is 0.720. The van der Waals surface area contributed by atoms with Gasteiger partial charge in [-0.15, -0.1) is 0 Å². The number of benzene rings is 1. The molecule has 0 radical (unpaired) electrons. The molecule has 2 heterocycles. The molecular formula is C16H15F3N4O. The summed E-state index contributed by atoms with van der Waals surface area (Å²) in [5.74, 6) is -1.44. The highest BCUT2D eigenvalue weighted by atomic mass is 19.4. The molecule has 8 heteroatoms. The van der Waals surface area contributed by atoms with E-state index in [4.69, 9.17) is 0 Å². The van der Waals surface area contributed by atoms with Gasteiger partial charge in [0.2, 0.25) is 5.82 Å². The highest BCUT2D eigenvalue weighted by molar-refractivity contribution is 5.54. The van der Waals surface area contributed by atoms with E-state index < -0.39 is 12.1 Å². The maximum absolute atomic E-state index is 12.5. The smallest absolute Gasteiger partial charge is 0.329 e. The Morgan fingerprint density at radius 2 is 1.79 bits per heavy atom. The van der Waals surface area contributed by atoms with Gasteiger partial charge in [0.05, 0.1) is 11.7 Å². The van der Waals surface area contributed by atoms with Crippen LogP contribution in [0.2, 0.25) is 0 Å². The van der Waals surface area contributed by atoms with Gasteiger partial charge in [0.25, 0.3) is 0 Å². The summed E-state index contributed by atoms with van der Waals surface area (Å²) in [7, 11) is 0. The lowest BCUT2D eigenvalue weighted by Gasteiger charge is -2.15. The van der Waals surface area contributed by atoms with Gasteiger partial charge in [-0.3, -0.25) is 4.68 Å². The summed E-state index contributed by atoms with van der Waals surface area (Å²) in [6.07, 6.45) is -4.64. The molecule has 0 saturated heterocycles.